The van der Waals surface area contributed by atoms with Crippen molar-refractivity contribution >= 4 is 34.8 Å². The van der Waals surface area contributed by atoms with Gasteiger partial charge in [0.05, 0.1) is 11.6 Å². The van der Waals surface area contributed by atoms with Crippen LogP contribution in [0.2, 0.25) is 5.02 Å². The first-order valence-electron chi connectivity index (χ1n) is 5.11. The van der Waals surface area contributed by atoms with Crippen molar-refractivity contribution < 1.29 is 4.79 Å². The van der Waals surface area contributed by atoms with Gasteiger partial charge in [-0.1, -0.05) is 23.7 Å². The van der Waals surface area contributed by atoms with Crippen LogP contribution in [0.25, 0.3) is 0 Å². The Morgan fingerprint density at radius 1 is 1.33 bits per heavy atom. The lowest BCUT2D eigenvalue weighted by atomic mass is 9.97. The molecule has 6 N–H and O–H groups in total. The van der Waals surface area contributed by atoms with Crippen LogP contribution in [0.5, 0.6) is 0 Å². The molecule has 7 heteroatoms. The lowest BCUT2D eigenvalue weighted by molar-refractivity contribution is -0.115. The zero-order valence-electron chi connectivity index (χ0n) is 9.24. The minimum absolute atomic E-state index is 0.172. The first kappa shape index (κ1) is 12.7. The van der Waals surface area contributed by atoms with Crippen LogP contribution in [0.1, 0.15) is 11.6 Å². The Morgan fingerprint density at radius 2 is 1.94 bits per heavy atom. The number of halogens is 1. The molecule has 18 heavy (non-hydrogen) atoms. The van der Waals surface area contributed by atoms with E-state index in [9.17, 15) is 4.79 Å². The summed E-state index contributed by atoms with van der Waals surface area (Å²) in [5.74, 6) is -0.429. The lowest BCUT2D eigenvalue weighted by Gasteiger charge is -2.28. The molecule has 5 nitrogen and oxygen atoms in total. The fourth-order valence-corrected chi connectivity index (χ4v) is 2.12. The van der Waals surface area contributed by atoms with Crippen LogP contribution in [0.3, 0.4) is 0 Å². The van der Waals surface area contributed by atoms with E-state index in [2.05, 4.69) is 10.6 Å². The monoisotopic (exact) mass is 282 g/mol. The third kappa shape index (κ3) is 2.39. The summed E-state index contributed by atoms with van der Waals surface area (Å²) in [5.41, 5.74) is 12.1. The Balaban J connectivity index is 2.46. The van der Waals surface area contributed by atoms with E-state index in [1.54, 1.807) is 24.3 Å². The second-order valence-electron chi connectivity index (χ2n) is 3.77. The highest BCUT2D eigenvalue weighted by Crippen LogP contribution is 2.25. The number of hydrogen-bond acceptors (Lipinski definition) is 3. The number of nitrogens with one attached hydrogen (secondary N) is 2. The summed E-state index contributed by atoms with van der Waals surface area (Å²) in [5, 5.41) is 6.57. The van der Waals surface area contributed by atoms with Crippen LogP contribution in [-0.4, -0.2) is 11.0 Å². The molecule has 0 radical (unpaired) electrons. The summed E-state index contributed by atoms with van der Waals surface area (Å²) in [6.07, 6.45) is 0. The predicted molar refractivity (Wildman–Crippen MR) is 73.5 cm³/mol. The maximum atomic E-state index is 11.5. The van der Waals surface area contributed by atoms with Crippen LogP contribution in [-0.2, 0) is 4.79 Å². The molecule has 94 valence electrons. The van der Waals surface area contributed by atoms with E-state index in [-0.39, 0.29) is 11.4 Å². The van der Waals surface area contributed by atoms with Gasteiger partial charge in [0.1, 0.15) is 5.82 Å². The summed E-state index contributed by atoms with van der Waals surface area (Å²) in [7, 11) is 0. The van der Waals surface area contributed by atoms with Gasteiger partial charge in [-0.05, 0) is 29.9 Å². The molecule has 0 spiro atoms. The van der Waals surface area contributed by atoms with E-state index in [4.69, 9.17) is 35.3 Å². The first-order chi connectivity index (χ1) is 8.49. The number of hydrogen-bond donors (Lipinski definition) is 4. The highest BCUT2D eigenvalue weighted by atomic mass is 35.5. The van der Waals surface area contributed by atoms with Gasteiger partial charge in [-0.25, -0.2) is 0 Å². The summed E-state index contributed by atoms with van der Waals surface area (Å²) >= 11 is 10.8. The maximum absolute atomic E-state index is 11.5. The second-order valence-corrected chi connectivity index (χ2v) is 4.62. The van der Waals surface area contributed by atoms with Gasteiger partial charge in [0.15, 0.2) is 5.11 Å². The molecular weight excluding hydrogens is 272 g/mol. The average Bonchev–Trinajstić information content (AvgIpc) is 2.28. The van der Waals surface area contributed by atoms with Gasteiger partial charge in [-0.15, -0.1) is 0 Å². The van der Waals surface area contributed by atoms with Gasteiger partial charge in [0.2, 0.25) is 0 Å². The molecule has 0 aromatic heterocycles. The van der Waals surface area contributed by atoms with E-state index in [0.717, 1.165) is 5.56 Å². The van der Waals surface area contributed by atoms with Gasteiger partial charge in [0, 0.05) is 5.02 Å². The van der Waals surface area contributed by atoms with E-state index in [0.29, 0.717) is 10.1 Å². The largest absolute Gasteiger partial charge is 0.385 e. The zero-order valence-corrected chi connectivity index (χ0v) is 10.8. The highest BCUT2D eigenvalue weighted by molar-refractivity contribution is 7.80. The molecule has 1 amide bonds. The van der Waals surface area contributed by atoms with Crippen molar-refractivity contribution in [2.24, 2.45) is 11.5 Å². The van der Waals surface area contributed by atoms with Crippen LogP contribution < -0.4 is 22.1 Å². The number of rotatable bonds is 2. The van der Waals surface area contributed by atoms with Gasteiger partial charge < -0.3 is 22.1 Å². The molecule has 1 aliphatic rings. The molecule has 1 atom stereocenters. The van der Waals surface area contributed by atoms with Crippen LogP contribution in [0, 0.1) is 0 Å². The Bertz CT molecular complexity index is 540. The Hall–Kier alpha value is -1.79. The molecule has 2 rings (SSSR count). The molecule has 0 fully saturated rings. The highest BCUT2D eigenvalue weighted by Gasteiger charge is 2.28. The predicted octanol–water partition coefficient (Wildman–Crippen LogP) is 0.514. The molecule has 1 heterocycles. The van der Waals surface area contributed by atoms with E-state index in [1.165, 1.54) is 0 Å². The molecular formula is C11H11ClN4OS. The van der Waals surface area contributed by atoms with Crippen molar-refractivity contribution in [1.82, 2.24) is 10.6 Å². The van der Waals surface area contributed by atoms with E-state index in [1.807, 2.05) is 0 Å². The number of carbonyl (C=O) groups excluding carboxylic acids is 1. The van der Waals surface area contributed by atoms with Gasteiger partial charge in [-0.2, -0.15) is 0 Å². The van der Waals surface area contributed by atoms with Gasteiger partial charge in [0.25, 0.3) is 5.91 Å². The van der Waals surface area contributed by atoms with Crippen LogP contribution in [0.4, 0.5) is 0 Å². The third-order valence-corrected chi connectivity index (χ3v) is 3.04. The average molecular weight is 283 g/mol. The third-order valence-electron chi connectivity index (χ3n) is 2.57. The summed E-state index contributed by atoms with van der Waals surface area (Å²) in [6.45, 7) is 0. The van der Waals surface area contributed by atoms with Crippen LogP contribution >= 0.6 is 23.8 Å². The number of benzene rings is 1. The fraction of sp³-hybridized carbons (Fsp3) is 0.0909. The smallest absolute Gasteiger partial charge is 0.250 e. The van der Waals surface area contributed by atoms with Gasteiger partial charge >= 0.3 is 0 Å². The number of carbonyl (C=O) groups is 1. The van der Waals surface area contributed by atoms with Crippen LogP contribution in [0.15, 0.2) is 35.7 Å². The Labute approximate surface area is 114 Å². The van der Waals surface area contributed by atoms with E-state index >= 15 is 0 Å². The molecule has 0 saturated heterocycles. The number of nitrogens with two attached hydrogens (primary N) is 2. The van der Waals surface area contributed by atoms with Crippen molar-refractivity contribution in [2.75, 3.05) is 0 Å². The maximum Gasteiger partial charge on any atom is 0.250 e. The molecule has 1 aromatic carbocycles. The zero-order chi connectivity index (χ0) is 13.3. The molecule has 1 aromatic rings. The van der Waals surface area contributed by atoms with Crippen molar-refractivity contribution in [3.8, 4) is 0 Å². The summed E-state index contributed by atoms with van der Waals surface area (Å²) in [4.78, 5) is 11.5. The molecule has 1 aliphatic heterocycles. The molecule has 1 unspecified atom stereocenters. The Morgan fingerprint density at radius 3 is 2.50 bits per heavy atom. The fourth-order valence-electron chi connectivity index (χ4n) is 1.76. The van der Waals surface area contributed by atoms with E-state index < -0.39 is 11.9 Å². The first-order valence-corrected chi connectivity index (χ1v) is 5.90. The van der Waals surface area contributed by atoms with Gasteiger partial charge in [-0.3, -0.25) is 4.79 Å². The minimum atomic E-state index is -0.602. The second kappa shape index (κ2) is 4.83. The van der Waals surface area contributed by atoms with Crippen molar-refractivity contribution in [2.45, 2.75) is 6.04 Å². The van der Waals surface area contributed by atoms with Crippen molar-refractivity contribution in [3.05, 3.63) is 46.2 Å². The quantitative estimate of drug-likeness (QED) is 0.593. The van der Waals surface area contributed by atoms with Crippen molar-refractivity contribution in [1.29, 1.82) is 0 Å². The normalized spacial score (nSPS) is 19.2. The SMILES string of the molecule is NC(=O)C1=C(N)NC(=S)NC1c1ccc(Cl)cc1. The van der Waals surface area contributed by atoms with Crippen molar-refractivity contribution in [3.63, 3.8) is 0 Å². The summed E-state index contributed by atoms with van der Waals surface area (Å²) in [6, 6.07) is 6.54. The Kier molecular flexibility index (Phi) is 3.40. The number of amides is 1. The number of thiocarbonyl (C=S) groups is 1. The summed E-state index contributed by atoms with van der Waals surface area (Å²) < 4.78 is 0. The lowest BCUT2D eigenvalue weighted by Crippen LogP contribution is -2.48. The molecule has 0 bridgehead atoms. The topological polar surface area (TPSA) is 93.2 Å². The minimum Gasteiger partial charge on any atom is -0.385 e. The standard InChI is InChI=1S/C11H11ClN4OS/c12-6-3-1-5(2-4-6)8-7(10(14)17)9(13)16-11(18)15-8/h1-4,8H,13H2,(H2,14,17)(H2,15,16,18). The molecule has 0 saturated carbocycles. The number of primary amides is 1. The molecule has 0 aliphatic carbocycles.